The predicted molar refractivity (Wildman–Crippen MR) is 58.9 cm³/mol. The van der Waals surface area contributed by atoms with E-state index < -0.39 is 0 Å². The highest BCUT2D eigenvalue weighted by Gasteiger charge is 2.28. The van der Waals surface area contributed by atoms with Crippen LogP contribution in [0.5, 0.6) is 0 Å². The van der Waals surface area contributed by atoms with Gasteiger partial charge in [-0.15, -0.1) is 0 Å². The average molecular weight is 189 g/mol. The number of aromatic nitrogens is 1. The average Bonchev–Trinajstić information content (AvgIpc) is 2.70. The van der Waals surface area contributed by atoms with Gasteiger partial charge in [-0.25, -0.2) is 0 Å². The van der Waals surface area contributed by atoms with Crippen LogP contribution in [0.1, 0.15) is 55.1 Å². The zero-order valence-electron chi connectivity index (χ0n) is 9.27. The summed E-state index contributed by atoms with van der Waals surface area (Å²) in [5.41, 5.74) is 6.84. The minimum Gasteiger partial charge on any atom is -0.348 e. The van der Waals surface area contributed by atoms with Crippen molar-refractivity contribution in [1.29, 1.82) is 0 Å². The summed E-state index contributed by atoms with van der Waals surface area (Å²) in [6.07, 6.45) is 6.83. The molecule has 0 saturated heterocycles. The van der Waals surface area contributed by atoms with Gasteiger partial charge in [-0.05, 0) is 49.1 Å². The lowest BCUT2D eigenvalue weighted by Crippen LogP contribution is -2.03. The van der Waals surface area contributed by atoms with Crippen LogP contribution in [-0.2, 0) is 25.8 Å². The first-order valence-electron chi connectivity index (χ1n) is 6.02. The van der Waals surface area contributed by atoms with Crippen molar-refractivity contribution in [3.8, 4) is 0 Å². The molecule has 2 aliphatic rings. The lowest BCUT2D eigenvalue weighted by atomic mass is 10.0. The Balaban J connectivity index is 2.22. The van der Waals surface area contributed by atoms with Crippen molar-refractivity contribution in [2.75, 3.05) is 0 Å². The maximum absolute atomic E-state index is 2.63. The first-order valence-corrected chi connectivity index (χ1v) is 6.02. The van der Waals surface area contributed by atoms with Crippen molar-refractivity contribution in [3.63, 3.8) is 0 Å². The predicted octanol–water partition coefficient (Wildman–Crippen LogP) is 3.05. The maximum Gasteiger partial charge on any atom is 0.0238 e. The van der Waals surface area contributed by atoms with E-state index in [1.54, 1.807) is 22.5 Å². The third-order valence-electron chi connectivity index (χ3n) is 3.83. The standard InChI is InChI=1S/C13H19N/c1-9(2)13-11-6-3-5-10(11)12-7-4-8-14(12)13/h9H,3-8H2,1-2H3. The van der Waals surface area contributed by atoms with Gasteiger partial charge in [-0.2, -0.15) is 0 Å². The molecule has 3 rings (SSSR count). The Hall–Kier alpha value is -0.720. The van der Waals surface area contributed by atoms with Crippen LogP contribution in [-0.4, -0.2) is 4.57 Å². The number of nitrogens with zero attached hydrogens (tertiary/aromatic N) is 1. The first kappa shape index (κ1) is 8.58. The van der Waals surface area contributed by atoms with E-state index in [9.17, 15) is 0 Å². The molecule has 0 spiro atoms. The molecule has 76 valence electrons. The Morgan fingerprint density at radius 1 is 1.00 bits per heavy atom. The highest BCUT2D eigenvalue weighted by atomic mass is 15.0. The van der Waals surface area contributed by atoms with Crippen molar-refractivity contribution in [1.82, 2.24) is 4.57 Å². The van der Waals surface area contributed by atoms with E-state index in [1.807, 2.05) is 0 Å². The van der Waals surface area contributed by atoms with Crippen LogP contribution in [0.25, 0.3) is 0 Å². The maximum atomic E-state index is 2.63. The van der Waals surface area contributed by atoms with E-state index in [0.29, 0.717) is 5.92 Å². The summed E-state index contributed by atoms with van der Waals surface area (Å²) in [7, 11) is 0. The van der Waals surface area contributed by atoms with Crippen LogP contribution >= 0.6 is 0 Å². The van der Waals surface area contributed by atoms with E-state index in [-0.39, 0.29) is 0 Å². The van der Waals surface area contributed by atoms with Crippen LogP contribution in [0.2, 0.25) is 0 Å². The molecular formula is C13H19N. The van der Waals surface area contributed by atoms with Gasteiger partial charge in [0.25, 0.3) is 0 Å². The summed E-state index contributed by atoms with van der Waals surface area (Å²) < 4.78 is 2.63. The molecule has 1 aliphatic heterocycles. The van der Waals surface area contributed by atoms with Gasteiger partial charge < -0.3 is 4.57 Å². The van der Waals surface area contributed by atoms with Gasteiger partial charge in [0, 0.05) is 17.9 Å². The second-order valence-electron chi connectivity index (χ2n) is 5.05. The van der Waals surface area contributed by atoms with Gasteiger partial charge in [0.15, 0.2) is 0 Å². The van der Waals surface area contributed by atoms with Gasteiger partial charge in [0.1, 0.15) is 0 Å². The molecule has 0 amide bonds. The van der Waals surface area contributed by atoms with Crippen LogP contribution in [0.4, 0.5) is 0 Å². The second-order valence-corrected chi connectivity index (χ2v) is 5.05. The van der Waals surface area contributed by atoms with Crippen molar-refractivity contribution in [2.24, 2.45) is 0 Å². The molecule has 14 heavy (non-hydrogen) atoms. The van der Waals surface area contributed by atoms with Gasteiger partial charge in [-0.1, -0.05) is 13.8 Å². The van der Waals surface area contributed by atoms with E-state index >= 15 is 0 Å². The Bertz CT molecular complexity index is 340. The fourth-order valence-electron chi connectivity index (χ4n) is 3.42. The molecule has 0 unspecified atom stereocenters. The lowest BCUT2D eigenvalue weighted by molar-refractivity contribution is 0.658. The van der Waals surface area contributed by atoms with Gasteiger partial charge in [-0.3, -0.25) is 0 Å². The van der Waals surface area contributed by atoms with Crippen LogP contribution < -0.4 is 0 Å². The summed E-state index contributed by atoms with van der Waals surface area (Å²) in [5, 5.41) is 0. The fourth-order valence-corrected chi connectivity index (χ4v) is 3.42. The molecule has 0 saturated carbocycles. The zero-order chi connectivity index (χ0) is 9.71. The van der Waals surface area contributed by atoms with Crippen LogP contribution in [0.15, 0.2) is 0 Å². The summed E-state index contributed by atoms with van der Waals surface area (Å²) in [5.74, 6) is 0.716. The van der Waals surface area contributed by atoms with Gasteiger partial charge >= 0.3 is 0 Å². The molecule has 0 bridgehead atoms. The highest BCUT2D eigenvalue weighted by Crippen LogP contribution is 2.38. The van der Waals surface area contributed by atoms with E-state index in [0.717, 1.165) is 0 Å². The number of rotatable bonds is 1. The Morgan fingerprint density at radius 3 is 2.57 bits per heavy atom. The molecule has 0 aromatic carbocycles. The van der Waals surface area contributed by atoms with Crippen LogP contribution in [0, 0.1) is 0 Å². The number of hydrogen-bond donors (Lipinski definition) is 0. The molecule has 0 fully saturated rings. The van der Waals surface area contributed by atoms with Crippen molar-refractivity contribution in [3.05, 3.63) is 22.5 Å². The molecule has 1 aromatic rings. The van der Waals surface area contributed by atoms with Gasteiger partial charge in [0.05, 0.1) is 0 Å². The first-order chi connectivity index (χ1) is 6.79. The molecule has 0 N–H and O–H groups in total. The molecular weight excluding hydrogens is 170 g/mol. The zero-order valence-corrected chi connectivity index (χ0v) is 9.27. The van der Waals surface area contributed by atoms with E-state index in [2.05, 4.69) is 18.4 Å². The molecule has 1 nitrogen and oxygen atoms in total. The fraction of sp³-hybridized carbons (Fsp3) is 0.692. The number of hydrogen-bond acceptors (Lipinski definition) is 0. The normalized spacial score (nSPS) is 19.1. The molecule has 0 radical (unpaired) electrons. The summed E-state index contributed by atoms with van der Waals surface area (Å²) >= 11 is 0. The quantitative estimate of drug-likeness (QED) is 0.640. The smallest absolute Gasteiger partial charge is 0.0238 e. The van der Waals surface area contributed by atoms with Crippen LogP contribution in [0.3, 0.4) is 0 Å². The molecule has 1 heteroatoms. The van der Waals surface area contributed by atoms with Crippen molar-refractivity contribution >= 4 is 0 Å². The largest absolute Gasteiger partial charge is 0.348 e. The monoisotopic (exact) mass is 189 g/mol. The van der Waals surface area contributed by atoms with E-state index in [1.165, 1.54) is 38.6 Å². The number of fused-ring (bicyclic) bond motifs is 3. The summed E-state index contributed by atoms with van der Waals surface area (Å²) in [4.78, 5) is 0. The van der Waals surface area contributed by atoms with Crippen molar-refractivity contribution < 1.29 is 0 Å². The highest BCUT2D eigenvalue weighted by molar-refractivity contribution is 5.44. The van der Waals surface area contributed by atoms with Gasteiger partial charge in [0.2, 0.25) is 0 Å². The minimum atomic E-state index is 0.716. The Kier molecular flexibility index (Phi) is 1.77. The van der Waals surface area contributed by atoms with E-state index in [4.69, 9.17) is 0 Å². The second kappa shape index (κ2) is 2.88. The topological polar surface area (TPSA) is 4.93 Å². The third-order valence-corrected chi connectivity index (χ3v) is 3.83. The molecule has 2 heterocycles. The minimum absolute atomic E-state index is 0.716. The summed E-state index contributed by atoms with van der Waals surface area (Å²) in [6.45, 7) is 5.98. The Morgan fingerprint density at radius 2 is 1.79 bits per heavy atom. The molecule has 0 atom stereocenters. The summed E-state index contributed by atoms with van der Waals surface area (Å²) in [6, 6.07) is 0. The molecule has 1 aromatic heterocycles. The SMILES string of the molecule is CC(C)c1c2c(c3n1CCC3)CCC2. The van der Waals surface area contributed by atoms with Crippen molar-refractivity contribution in [2.45, 2.75) is 58.4 Å². The molecule has 1 aliphatic carbocycles. The lowest BCUT2D eigenvalue weighted by Gasteiger charge is -2.12. The third kappa shape index (κ3) is 0.958. The Labute approximate surface area is 86.1 Å².